The van der Waals surface area contributed by atoms with Crippen molar-refractivity contribution in [3.63, 3.8) is 0 Å². The normalized spacial score (nSPS) is 28.9. The SMILES string of the molecule is CN1CCOc2c(C(=O)NC3CN4CCC3CC4)cc(N)cc21. The Morgan fingerprint density at radius 3 is 2.78 bits per heavy atom. The average Bonchev–Trinajstić information content (AvgIpc) is 2.56. The second-order valence-corrected chi connectivity index (χ2v) is 6.90. The summed E-state index contributed by atoms with van der Waals surface area (Å²) in [4.78, 5) is 17.4. The number of carbonyl (C=O) groups is 1. The van der Waals surface area contributed by atoms with Crippen LogP contribution in [0.15, 0.2) is 12.1 Å². The zero-order valence-electron chi connectivity index (χ0n) is 13.5. The third-order valence-electron chi connectivity index (χ3n) is 5.39. The van der Waals surface area contributed by atoms with Crippen molar-refractivity contribution in [2.24, 2.45) is 5.92 Å². The Kier molecular flexibility index (Phi) is 3.56. The van der Waals surface area contributed by atoms with Gasteiger partial charge in [-0.1, -0.05) is 0 Å². The highest BCUT2D eigenvalue weighted by Gasteiger charge is 2.35. The van der Waals surface area contributed by atoms with Gasteiger partial charge in [0.05, 0.1) is 17.8 Å². The van der Waals surface area contributed by atoms with Crippen LogP contribution in [0.2, 0.25) is 0 Å². The third-order valence-corrected chi connectivity index (χ3v) is 5.39. The van der Waals surface area contributed by atoms with E-state index in [1.807, 2.05) is 13.1 Å². The molecule has 1 aromatic rings. The maximum Gasteiger partial charge on any atom is 0.255 e. The van der Waals surface area contributed by atoms with E-state index < -0.39 is 0 Å². The molecule has 1 atom stereocenters. The van der Waals surface area contributed by atoms with Gasteiger partial charge in [0.25, 0.3) is 5.91 Å². The smallest absolute Gasteiger partial charge is 0.255 e. The van der Waals surface area contributed by atoms with Gasteiger partial charge in [0, 0.05) is 25.3 Å². The van der Waals surface area contributed by atoms with Gasteiger partial charge in [-0.2, -0.15) is 0 Å². The number of benzene rings is 1. The summed E-state index contributed by atoms with van der Waals surface area (Å²) >= 11 is 0. The molecule has 3 saturated heterocycles. The van der Waals surface area contributed by atoms with E-state index in [0.717, 1.165) is 18.8 Å². The Bertz CT molecular complexity index is 625. The molecule has 2 bridgehead atoms. The molecule has 0 aliphatic carbocycles. The topological polar surface area (TPSA) is 70.8 Å². The molecule has 4 heterocycles. The highest BCUT2D eigenvalue weighted by atomic mass is 16.5. The molecule has 3 N–H and O–H groups in total. The molecule has 4 aliphatic rings. The molecule has 0 aromatic heterocycles. The summed E-state index contributed by atoms with van der Waals surface area (Å²) < 4.78 is 5.78. The summed E-state index contributed by atoms with van der Waals surface area (Å²) in [6.45, 7) is 4.68. The van der Waals surface area contributed by atoms with Crippen LogP contribution in [-0.2, 0) is 0 Å². The minimum Gasteiger partial charge on any atom is -0.489 e. The third kappa shape index (κ3) is 2.61. The molecule has 0 saturated carbocycles. The Labute approximate surface area is 136 Å². The largest absolute Gasteiger partial charge is 0.489 e. The van der Waals surface area contributed by atoms with Gasteiger partial charge in [-0.15, -0.1) is 0 Å². The maximum atomic E-state index is 12.8. The van der Waals surface area contributed by atoms with Gasteiger partial charge in [0.1, 0.15) is 6.61 Å². The molecule has 1 unspecified atom stereocenters. The van der Waals surface area contributed by atoms with Gasteiger partial charge in [-0.05, 0) is 44.0 Å². The minimum atomic E-state index is -0.0670. The number of rotatable bonds is 2. The van der Waals surface area contributed by atoms with E-state index in [1.54, 1.807) is 6.07 Å². The van der Waals surface area contributed by atoms with Crippen LogP contribution in [0.4, 0.5) is 11.4 Å². The van der Waals surface area contributed by atoms with Crippen LogP contribution in [-0.4, -0.2) is 56.7 Å². The van der Waals surface area contributed by atoms with Crippen LogP contribution in [0.25, 0.3) is 0 Å². The van der Waals surface area contributed by atoms with Crippen molar-refractivity contribution in [2.45, 2.75) is 18.9 Å². The Morgan fingerprint density at radius 2 is 2.09 bits per heavy atom. The van der Waals surface area contributed by atoms with Gasteiger partial charge in [0.2, 0.25) is 0 Å². The molecule has 6 heteroatoms. The minimum absolute atomic E-state index is 0.0670. The molecule has 5 rings (SSSR count). The van der Waals surface area contributed by atoms with Crippen molar-refractivity contribution in [3.8, 4) is 5.75 Å². The highest BCUT2D eigenvalue weighted by molar-refractivity contribution is 6.00. The summed E-state index contributed by atoms with van der Waals surface area (Å²) in [5.74, 6) is 1.19. The first-order chi connectivity index (χ1) is 11.1. The number of amides is 1. The van der Waals surface area contributed by atoms with Crippen LogP contribution < -0.4 is 20.7 Å². The molecule has 0 radical (unpaired) electrons. The van der Waals surface area contributed by atoms with Crippen LogP contribution >= 0.6 is 0 Å². The summed E-state index contributed by atoms with van der Waals surface area (Å²) in [6, 6.07) is 3.84. The lowest BCUT2D eigenvalue weighted by Gasteiger charge is -2.45. The zero-order chi connectivity index (χ0) is 16.0. The lowest BCUT2D eigenvalue weighted by atomic mass is 9.84. The fourth-order valence-corrected chi connectivity index (χ4v) is 4.02. The maximum absolute atomic E-state index is 12.8. The number of nitrogens with two attached hydrogens (primary N) is 1. The van der Waals surface area contributed by atoms with Crippen molar-refractivity contribution in [1.82, 2.24) is 10.2 Å². The molecular formula is C17H24N4O2. The number of nitrogens with one attached hydrogen (secondary N) is 1. The number of piperidine rings is 3. The quantitative estimate of drug-likeness (QED) is 0.794. The van der Waals surface area contributed by atoms with Gasteiger partial charge in [-0.3, -0.25) is 4.79 Å². The monoisotopic (exact) mass is 316 g/mol. The van der Waals surface area contributed by atoms with Crippen molar-refractivity contribution in [2.75, 3.05) is 50.5 Å². The predicted molar refractivity (Wildman–Crippen MR) is 90.0 cm³/mol. The standard InChI is InChI=1S/C17H24N4O2/c1-20-6-7-23-16-13(8-12(18)9-15(16)20)17(22)19-14-10-21-4-2-11(14)3-5-21/h8-9,11,14H,2-7,10,18H2,1H3,(H,19,22). The molecule has 1 amide bonds. The number of anilines is 2. The van der Waals surface area contributed by atoms with E-state index in [1.165, 1.54) is 25.9 Å². The van der Waals surface area contributed by atoms with E-state index in [9.17, 15) is 4.79 Å². The second kappa shape index (κ2) is 5.60. The van der Waals surface area contributed by atoms with Gasteiger partial charge < -0.3 is 25.6 Å². The number of fused-ring (bicyclic) bond motifs is 4. The van der Waals surface area contributed by atoms with Crippen molar-refractivity contribution in [3.05, 3.63) is 17.7 Å². The van der Waals surface area contributed by atoms with Gasteiger partial charge in [0.15, 0.2) is 5.75 Å². The first-order valence-corrected chi connectivity index (χ1v) is 8.42. The number of carbonyl (C=O) groups excluding carboxylic acids is 1. The Morgan fingerprint density at radius 1 is 1.30 bits per heavy atom. The van der Waals surface area contributed by atoms with Crippen molar-refractivity contribution in [1.29, 1.82) is 0 Å². The molecule has 0 spiro atoms. The first kappa shape index (κ1) is 14.6. The molecule has 124 valence electrons. The van der Waals surface area contributed by atoms with E-state index in [2.05, 4.69) is 15.1 Å². The van der Waals surface area contributed by atoms with Crippen LogP contribution in [0.5, 0.6) is 5.75 Å². The summed E-state index contributed by atoms with van der Waals surface area (Å²) in [6.07, 6.45) is 2.36. The van der Waals surface area contributed by atoms with E-state index in [0.29, 0.717) is 29.5 Å². The number of nitrogen functional groups attached to an aromatic ring is 1. The predicted octanol–water partition coefficient (Wildman–Crippen LogP) is 0.921. The fraction of sp³-hybridized carbons (Fsp3) is 0.588. The average molecular weight is 316 g/mol. The molecular weight excluding hydrogens is 292 g/mol. The summed E-state index contributed by atoms with van der Waals surface area (Å²) in [5.41, 5.74) is 8.06. The van der Waals surface area contributed by atoms with Crippen LogP contribution in [0.1, 0.15) is 23.2 Å². The second-order valence-electron chi connectivity index (χ2n) is 6.90. The van der Waals surface area contributed by atoms with E-state index in [4.69, 9.17) is 10.5 Å². The van der Waals surface area contributed by atoms with Crippen LogP contribution in [0, 0.1) is 5.92 Å². The Hall–Kier alpha value is -1.95. The Balaban J connectivity index is 1.59. The molecule has 6 nitrogen and oxygen atoms in total. The first-order valence-electron chi connectivity index (χ1n) is 8.42. The fourth-order valence-electron chi connectivity index (χ4n) is 4.02. The number of nitrogens with zero attached hydrogens (tertiary/aromatic N) is 2. The number of hydrogen-bond acceptors (Lipinski definition) is 5. The number of hydrogen-bond donors (Lipinski definition) is 2. The lowest BCUT2D eigenvalue weighted by molar-refractivity contribution is 0.0618. The van der Waals surface area contributed by atoms with E-state index >= 15 is 0 Å². The lowest BCUT2D eigenvalue weighted by Crippen LogP contribution is -2.57. The molecule has 3 fully saturated rings. The molecule has 4 aliphatic heterocycles. The van der Waals surface area contributed by atoms with Crippen molar-refractivity contribution >= 4 is 17.3 Å². The molecule has 1 aromatic carbocycles. The number of ether oxygens (including phenoxy) is 1. The van der Waals surface area contributed by atoms with Gasteiger partial charge in [-0.25, -0.2) is 0 Å². The zero-order valence-corrected chi connectivity index (χ0v) is 13.5. The number of likely N-dealkylation sites (N-methyl/N-ethyl adjacent to an activating group) is 1. The summed E-state index contributed by atoms with van der Waals surface area (Å²) in [7, 11) is 2.00. The van der Waals surface area contributed by atoms with Crippen LogP contribution in [0.3, 0.4) is 0 Å². The van der Waals surface area contributed by atoms with Crippen molar-refractivity contribution < 1.29 is 9.53 Å². The highest BCUT2D eigenvalue weighted by Crippen LogP contribution is 2.37. The van der Waals surface area contributed by atoms with E-state index in [-0.39, 0.29) is 11.9 Å². The molecule has 23 heavy (non-hydrogen) atoms. The van der Waals surface area contributed by atoms with Gasteiger partial charge >= 0.3 is 0 Å². The summed E-state index contributed by atoms with van der Waals surface area (Å²) in [5, 5.41) is 3.22.